The second kappa shape index (κ2) is 5.75. The van der Waals surface area contributed by atoms with Crippen molar-refractivity contribution in [3.05, 3.63) is 27.9 Å². The zero-order valence-electron chi connectivity index (χ0n) is 11.4. The van der Waals surface area contributed by atoms with Gasteiger partial charge in [-0.25, -0.2) is 9.78 Å². The molecule has 0 spiro atoms. The molecule has 0 amide bonds. The predicted octanol–water partition coefficient (Wildman–Crippen LogP) is 1.55. The van der Waals surface area contributed by atoms with Gasteiger partial charge in [-0.05, 0) is 24.8 Å². The minimum absolute atomic E-state index is 0.288. The third-order valence-corrected chi connectivity index (χ3v) is 3.61. The fraction of sp³-hybridized carbons (Fsp3) is 0.462. The Morgan fingerprint density at radius 3 is 2.90 bits per heavy atom. The molecule has 0 saturated carbocycles. The van der Waals surface area contributed by atoms with E-state index < -0.39 is 16.9 Å². The van der Waals surface area contributed by atoms with E-state index >= 15 is 0 Å². The molecule has 8 nitrogen and oxygen atoms in total. The molecule has 2 rings (SSSR count). The number of hydrogen-bond donors (Lipinski definition) is 1. The van der Waals surface area contributed by atoms with Gasteiger partial charge in [0, 0.05) is 12.6 Å². The number of aliphatic carboxylic acids is 1. The number of hydrogen-bond acceptors (Lipinski definition) is 6. The van der Waals surface area contributed by atoms with E-state index in [1.165, 1.54) is 12.1 Å². The van der Waals surface area contributed by atoms with Gasteiger partial charge in [0.2, 0.25) is 5.69 Å². The summed E-state index contributed by atoms with van der Waals surface area (Å²) in [5, 5.41) is 29.1. The lowest BCUT2D eigenvalue weighted by molar-refractivity contribution is -0.385. The Morgan fingerprint density at radius 1 is 1.62 bits per heavy atom. The monoisotopic (exact) mass is 290 g/mol. The fourth-order valence-corrected chi connectivity index (χ4v) is 2.48. The van der Waals surface area contributed by atoms with E-state index in [9.17, 15) is 20.0 Å². The van der Waals surface area contributed by atoms with Crippen molar-refractivity contribution < 1.29 is 14.8 Å². The summed E-state index contributed by atoms with van der Waals surface area (Å²) in [4.78, 5) is 27.0. The highest BCUT2D eigenvalue weighted by Gasteiger charge is 2.33. The Morgan fingerprint density at radius 2 is 2.33 bits per heavy atom. The number of pyridine rings is 1. The summed E-state index contributed by atoms with van der Waals surface area (Å²) in [6, 6.07) is 3.54. The first-order valence-electron chi connectivity index (χ1n) is 6.49. The van der Waals surface area contributed by atoms with Crippen LogP contribution in [0.5, 0.6) is 0 Å². The van der Waals surface area contributed by atoms with E-state index in [-0.39, 0.29) is 23.1 Å². The number of aromatic nitrogens is 1. The van der Waals surface area contributed by atoms with Crippen LogP contribution in [0.1, 0.15) is 25.5 Å². The normalized spacial score (nSPS) is 21.6. The molecule has 1 aliphatic heterocycles. The molecule has 2 atom stereocenters. The van der Waals surface area contributed by atoms with Gasteiger partial charge in [-0.2, -0.15) is 5.26 Å². The molecular formula is C13H14N4O4. The molecule has 1 fully saturated rings. The highest BCUT2D eigenvalue weighted by Crippen LogP contribution is 2.29. The lowest BCUT2D eigenvalue weighted by Crippen LogP contribution is -2.47. The summed E-state index contributed by atoms with van der Waals surface area (Å²) < 4.78 is 0. The van der Waals surface area contributed by atoms with E-state index in [0.29, 0.717) is 13.0 Å². The number of piperidine rings is 1. The summed E-state index contributed by atoms with van der Waals surface area (Å²) >= 11 is 0. The van der Waals surface area contributed by atoms with Gasteiger partial charge in [-0.3, -0.25) is 10.1 Å². The van der Waals surface area contributed by atoms with E-state index in [1.54, 1.807) is 11.0 Å². The molecule has 8 heteroatoms. The average Bonchev–Trinajstić information content (AvgIpc) is 2.46. The van der Waals surface area contributed by atoms with Crippen molar-refractivity contribution in [3.63, 3.8) is 0 Å². The van der Waals surface area contributed by atoms with Crippen LogP contribution in [-0.2, 0) is 4.79 Å². The number of carboxylic acids is 1. The summed E-state index contributed by atoms with van der Waals surface area (Å²) in [5.74, 6) is -0.382. The Kier molecular flexibility index (Phi) is 4.03. The number of carbonyl (C=O) groups is 1. The third-order valence-electron chi connectivity index (χ3n) is 3.61. The van der Waals surface area contributed by atoms with Gasteiger partial charge >= 0.3 is 11.7 Å². The topological polar surface area (TPSA) is 120 Å². The van der Waals surface area contributed by atoms with Gasteiger partial charge in [0.05, 0.1) is 4.92 Å². The molecule has 0 aromatic carbocycles. The van der Waals surface area contributed by atoms with Crippen LogP contribution in [0, 0.1) is 27.4 Å². The van der Waals surface area contributed by atoms with Crippen LogP contribution in [-0.4, -0.2) is 33.6 Å². The van der Waals surface area contributed by atoms with Crippen LogP contribution < -0.4 is 4.90 Å². The first kappa shape index (κ1) is 14.7. The maximum atomic E-state index is 11.4. The van der Waals surface area contributed by atoms with Crippen LogP contribution in [0.3, 0.4) is 0 Å². The first-order chi connectivity index (χ1) is 9.93. The molecule has 21 heavy (non-hydrogen) atoms. The standard InChI is InChI=1S/C13H14N4O4/c1-8-4-5-16(11(6-8)13(18)19)12-3-2-10(17(20)21)9(7-14)15-12/h2-3,8,11H,4-6H2,1H3,(H,18,19). The molecule has 1 aliphatic rings. The Bertz CT molecular complexity index is 625. The Hall–Kier alpha value is -2.69. The maximum Gasteiger partial charge on any atom is 0.326 e. The Labute approximate surface area is 120 Å². The van der Waals surface area contributed by atoms with Gasteiger partial charge in [-0.1, -0.05) is 6.92 Å². The summed E-state index contributed by atoms with van der Waals surface area (Å²) in [5.41, 5.74) is -0.682. The van der Waals surface area contributed by atoms with Crippen molar-refractivity contribution in [1.29, 1.82) is 5.26 Å². The molecule has 110 valence electrons. The average molecular weight is 290 g/mol. The zero-order valence-corrected chi connectivity index (χ0v) is 11.4. The molecular weight excluding hydrogens is 276 g/mol. The van der Waals surface area contributed by atoms with Crippen LogP contribution in [0.2, 0.25) is 0 Å². The van der Waals surface area contributed by atoms with Crippen molar-refractivity contribution in [3.8, 4) is 6.07 Å². The van der Waals surface area contributed by atoms with Crippen LogP contribution in [0.4, 0.5) is 11.5 Å². The number of nitriles is 1. The highest BCUT2D eigenvalue weighted by atomic mass is 16.6. The zero-order chi connectivity index (χ0) is 15.6. The van der Waals surface area contributed by atoms with Crippen LogP contribution in [0.25, 0.3) is 0 Å². The molecule has 1 saturated heterocycles. The molecule has 0 bridgehead atoms. The molecule has 2 heterocycles. The SMILES string of the molecule is CC1CCN(c2ccc([N+](=O)[O-])c(C#N)n2)C(C(=O)O)C1. The lowest BCUT2D eigenvalue weighted by Gasteiger charge is -2.36. The minimum atomic E-state index is -0.958. The van der Waals surface area contributed by atoms with Crippen molar-refractivity contribution in [2.45, 2.75) is 25.8 Å². The molecule has 0 radical (unpaired) electrons. The van der Waals surface area contributed by atoms with Crippen molar-refractivity contribution in [1.82, 2.24) is 4.98 Å². The van der Waals surface area contributed by atoms with Gasteiger partial charge < -0.3 is 10.0 Å². The molecule has 0 aliphatic carbocycles. The molecule has 1 aromatic rings. The number of nitro groups is 1. The van der Waals surface area contributed by atoms with Gasteiger partial charge in [0.15, 0.2) is 0 Å². The summed E-state index contributed by atoms with van der Waals surface area (Å²) in [6.45, 7) is 2.48. The van der Waals surface area contributed by atoms with Gasteiger partial charge in [-0.15, -0.1) is 0 Å². The number of anilines is 1. The van der Waals surface area contributed by atoms with Gasteiger partial charge in [0.25, 0.3) is 0 Å². The van der Waals surface area contributed by atoms with Crippen LogP contribution in [0.15, 0.2) is 12.1 Å². The molecule has 2 unspecified atom stereocenters. The lowest BCUT2D eigenvalue weighted by atomic mass is 9.92. The summed E-state index contributed by atoms with van der Waals surface area (Å²) in [7, 11) is 0. The van der Waals surface area contributed by atoms with E-state index in [1.807, 2.05) is 6.92 Å². The smallest absolute Gasteiger partial charge is 0.326 e. The van der Waals surface area contributed by atoms with Crippen LogP contribution >= 0.6 is 0 Å². The second-order valence-corrected chi connectivity index (χ2v) is 5.08. The third kappa shape index (κ3) is 2.91. The molecule has 1 aromatic heterocycles. The van der Waals surface area contributed by atoms with Crippen molar-refractivity contribution in [2.24, 2.45) is 5.92 Å². The van der Waals surface area contributed by atoms with Crippen molar-refractivity contribution >= 4 is 17.5 Å². The summed E-state index contributed by atoms with van der Waals surface area (Å²) in [6.07, 6.45) is 1.29. The van der Waals surface area contributed by atoms with E-state index in [2.05, 4.69) is 4.98 Å². The van der Waals surface area contributed by atoms with Crippen molar-refractivity contribution in [2.75, 3.05) is 11.4 Å². The predicted molar refractivity (Wildman–Crippen MR) is 72.8 cm³/mol. The number of carboxylic acid groups (broad SMARTS) is 1. The van der Waals surface area contributed by atoms with E-state index in [4.69, 9.17) is 5.26 Å². The fourth-order valence-electron chi connectivity index (χ4n) is 2.48. The maximum absolute atomic E-state index is 11.4. The number of nitrogens with zero attached hydrogens (tertiary/aromatic N) is 4. The first-order valence-corrected chi connectivity index (χ1v) is 6.49. The second-order valence-electron chi connectivity index (χ2n) is 5.08. The quantitative estimate of drug-likeness (QED) is 0.662. The Balaban J connectivity index is 2.39. The number of rotatable bonds is 3. The minimum Gasteiger partial charge on any atom is -0.480 e. The largest absolute Gasteiger partial charge is 0.480 e. The van der Waals surface area contributed by atoms with Gasteiger partial charge in [0.1, 0.15) is 17.9 Å². The molecule has 1 N–H and O–H groups in total. The highest BCUT2D eigenvalue weighted by molar-refractivity contribution is 5.78. The van der Waals surface area contributed by atoms with E-state index in [0.717, 1.165) is 6.42 Å².